The molecule has 0 saturated heterocycles. The molecule has 0 radical (unpaired) electrons. The topological polar surface area (TPSA) is 73.8 Å². The smallest absolute Gasteiger partial charge is 0.356 e. The predicted octanol–water partition coefficient (Wildman–Crippen LogP) is 0.827. The van der Waals surface area contributed by atoms with Crippen LogP contribution in [0.15, 0.2) is 29.3 Å². The standard InChI is InChI=1S/C11H12N4O/c1-7-3-4-9(8(2)5-7)15-6-13-10(12)14-11(15)16/h3-6H,1-2H3,(H2,12,14,16). The van der Waals surface area contributed by atoms with Gasteiger partial charge in [0.1, 0.15) is 6.33 Å². The van der Waals surface area contributed by atoms with Gasteiger partial charge in [0.25, 0.3) is 0 Å². The van der Waals surface area contributed by atoms with E-state index in [-0.39, 0.29) is 5.95 Å². The Bertz CT molecular complexity index is 589. The van der Waals surface area contributed by atoms with Crippen molar-refractivity contribution in [1.29, 1.82) is 0 Å². The highest BCUT2D eigenvalue weighted by Crippen LogP contribution is 2.13. The molecule has 0 amide bonds. The van der Waals surface area contributed by atoms with Gasteiger partial charge < -0.3 is 5.73 Å². The number of nitrogen functional groups attached to an aromatic ring is 1. The number of nitrogens with two attached hydrogens (primary N) is 1. The number of aromatic nitrogens is 3. The van der Waals surface area contributed by atoms with Gasteiger partial charge in [-0.25, -0.2) is 9.78 Å². The maximum absolute atomic E-state index is 11.6. The average Bonchev–Trinajstić information content (AvgIpc) is 2.19. The predicted molar refractivity (Wildman–Crippen MR) is 61.5 cm³/mol. The van der Waals surface area contributed by atoms with Crippen LogP contribution in [-0.4, -0.2) is 14.5 Å². The second-order valence-electron chi connectivity index (χ2n) is 3.66. The molecule has 0 aliphatic heterocycles. The number of rotatable bonds is 1. The van der Waals surface area contributed by atoms with Gasteiger partial charge >= 0.3 is 5.69 Å². The zero-order valence-corrected chi connectivity index (χ0v) is 9.14. The van der Waals surface area contributed by atoms with Crippen LogP contribution in [0, 0.1) is 13.8 Å². The van der Waals surface area contributed by atoms with Gasteiger partial charge in [-0.05, 0) is 25.5 Å². The fourth-order valence-electron chi connectivity index (χ4n) is 1.59. The first-order valence-corrected chi connectivity index (χ1v) is 4.87. The molecule has 0 bridgehead atoms. The number of aryl methyl sites for hydroxylation is 2. The molecule has 0 aliphatic carbocycles. The molecule has 2 rings (SSSR count). The Labute approximate surface area is 92.6 Å². The van der Waals surface area contributed by atoms with Gasteiger partial charge in [-0.3, -0.25) is 4.57 Å². The van der Waals surface area contributed by atoms with E-state index in [2.05, 4.69) is 9.97 Å². The summed E-state index contributed by atoms with van der Waals surface area (Å²) in [5.74, 6) is -0.00832. The van der Waals surface area contributed by atoms with E-state index in [0.717, 1.165) is 16.8 Å². The molecular formula is C11H12N4O. The Morgan fingerprint density at radius 2 is 2.06 bits per heavy atom. The van der Waals surface area contributed by atoms with Crippen LogP contribution in [-0.2, 0) is 0 Å². The van der Waals surface area contributed by atoms with Gasteiger partial charge in [0.2, 0.25) is 5.95 Å². The third-order valence-corrected chi connectivity index (χ3v) is 2.33. The number of hydrogen-bond donors (Lipinski definition) is 1. The molecule has 0 saturated carbocycles. The van der Waals surface area contributed by atoms with Crippen LogP contribution in [0.25, 0.3) is 5.69 Å². The summed E-state index contributed by atoms with van der Waals surface area (Å²) >= 11 is 0. The van der Waals surface area contributed by atoms with Crippen molar-refractivity contribution in [1.82, 2.24) is 14.5 Å². The molecule has 1 aromatic heterocycles. The van der Waals surface area contributed by atoms with Crippen molar-refractivity contribution >= 4 is 5.95 Å². The molecule has 0 unspecified atom stereocenters. The minimum Gasteiger partial charge on any atom is -0.368 e. The fourth-order valence-corrected chi connectivity index (χ4v) is 1.59. The van der Waals surface area contributed by atoms with E-state index in [0.29, 0.717) is 0 Å². The van der Waals surface area contributed by atoms with Gasteiger partial charge in [-0.15, -0.1) is 0 Å². The lowest BCUT2D eigenvalue weighted by atomic mass is 10.1. The van der Waals surface area contributed by atoms with E-state index in [1.165, 1.54) is 10.9 Å². The second-order valence-corrected chi connectivity index (χ2v) is 3.66. The van der Waals surface area contributed by atoms with Crippen LogP contribution in [0.3, 0.4) is 0 Å². The summed E-state index contributed by atoms with van der Waals surface area (Å²) in [6, 6.07) is 5.80. The molecule has 0 atom stereocenters. The van der Waals surface area contributed by atoms with E-state index in [1.54, 1.807) is 0 Å². The van der Waals surface area contributed by atoms with Gasteiger partial charge in [-0.2, -0.15) is 4.98 Å². The Morgan fingerprint density at radius 3 is 2.69 bits per heavy atom. The van der Waals surface area contributed by atoms with E-state index >= 15 is 0 Å². The number of hydrogen-bond acceptors (Lipinski definition) is 4. The summed E-state index contributed by atoms with van der Waals surface area (Å²) in [6.45, 7) is 3.93. The highest BCUT2D eigenvalue weighted by molar-refractivity contribution is 5.42. The van der Waals surface area contributed by atoms with Crippen molar-refractivity contribution in [3.05, 3.63) is 46.1 Å². The third kappa shape index (κ3) is 1.79. The molecule has 82 valence electrons. The zero-order valence-electron chi connectivity index (χ0n) is 9.14. The Morgan fingerprint density at radius 1 is 1.31 bits per heavy atom. The lowest BCUT2D eigenvalue weighted by Gasteiger charge is -2.08. The van der Waals surface area contributed by atoms with Crippen LogP contribution < -0.4 is 11.4 Å². The van der Waals surface area contributed by atoms with E-state index in [1.807, 2.05) is 32.0 Å². The summed E-state index contributed by atoms with van der Waals surface area (Å²) in [7, 11) is 0. The van der Waals surface area contributed by atoms with Crippen molar-refractivity contribution in [2.45, 2.75) is 13.8 Å². The molecular weight excluding hydrogens is 204 g/mol. The van der Waals surface area contributed by atoms with Crippen molar-refractivity contribution in [3.63, 3.8) is 0 Å². The van der Waals surface area contributed by atoms with Gasteiger partial charge in [0.15, 0.2) is 0 Å². The molecule has 5 nitrogen and oxygen atoms in total. The summed E-state index contributed by atoms with van der Waals surface area (Å²) in [5.41, 5.74) is 7.83. The fraction of sp³-hybridized carbons (Fsp3) is 0.182. The quantitative estimate of drug-likeness (QED) is 0.766. The maximum atomic E-state index is 11.6. The van der Waals surface area contributed by atoms with Gasteiger partial charge in [0, 0.05) is 0 Å². The minimum atomic E-state index is -0.417. The SMILES string of the molecule is Cc1ccc(-n2cnc(N)nc2=O)c(C)c1. The Hall–Kier alpha value is -2.17. The molecule has 16 heavy (non-hydrogen) atoms. The first kappa shape index (κ1) is 10.4. The van der Waals surface area contributed by atoms with E-state index in [4.69, 9.17) is 5.73 Å². The summed E-state index contributed by atoms with van der Waals surface area (Å²) in [5, 5.41) is 0. The molecule has 1 heterocycles. The van der Waals surface area contributed by atoms with Crippen LogP contribution in [0.2, 0.25) is 0 Å². The number of nitrogens with zero attached hydrogens (tertiary/aromatic N) is 3. The zero-order chi connectivity index (χ0) is 11.7. The summed E-state index contributed by atoms with van der Waals surface area (Å²) < 4.78 is 1.38. The molecule has 2 aromatic rings. The average molecular weight is 216 g/mol. The monoisotopic (exact) mass is 216 g/mol. The molecule has 5 heteroatoms. The lowest BCUT2D eigenvalue weighted by molar-refractivity contribution is 0.861. The van der Waals surface area contributed by atoms with Crippen molar-refractivity contribution in [2.24, 2.45) is 0 Å². The first-order chi connectivity index (χ1) is 7.58. The third-order valence-electron chi connectivity index (χ3n) is 2.33. The first-order valence-electron chi connectivity index (χ1n) is 4.87. The second kappa shape index (κ2) is 3.77. The number of benzene rings is 1. The van der Waals surface area contributed by atoms with Crippen LogP contribution in [0.5, 0.6) is 0 Å². The molecule has 2 N–H and O–H groups in total. The van der Waals surface area contributed by atoms with E-state index < -0.39 is 5.69 Å². The van der Waals surface area contributed by atoms with Crippen LogP contribution in [0.1, 0.15) is 11.1 Å². The summed E-state index contributed by atoms with van der Waals surface area (Å²) in [6.07, 6.45) is 1.39. The van der Waals surface area contributed by atoms with Crippen molar-refractivity contribution in [2.75, 3.05) is 5.73 Å². The van der Waals surface area contributed by atoms with Crippen molar-refractivity contribution < 1.29 is 0 Å². The normalized spacial score (nSPS) is 10.4. The summed E-state index contributed by atoms with van der Waals surface area (Å²) in [4.78, 5) is 19.0. The molecule has 1 aromatic carbocycles. The van der Waals surface area contributed by atoms with Gasteiger partial charge in [0.05, 0.1) is 5.69 Å². The van der Waals surface area contributed by atoms with Gasteiger partial charge in [-0.1, -0.05) is 17.7 Å². The van der Waals surface area contributed by atoms with E-state index in [9.17, 15) is 4.79 Å². The highest BCUT2D eigenvalue weighted by atomic mass is 16.1. The maximum Gasteiger partial charge on any atom is 0.356 e. The Kier molecular flexibility index (Phi) is 2.44. The van der Waals surface area contributed by atoms with Crippen LogP contribution >= 0.6 is 0 Å². The minimum absolute atomic E-state index is 0.00832. The number of anilines is 1. The molecule has 0 spiro atoms. The Balaban J connectivity index is 2.63. The lowest BCUT2D eigenvalue weighted by Crippen LogP contribution is -2.23. The molecule has 0 fully saturated rings. The highest BCUT2D eigenvalue weighted by Gasteiger charge is 2.04. The van der Waals surface area contributed by atoms with Crippen LogP contribution in [0.4, 0.5) is 5.95 Å². The largest absolute Gasteiger partial charge is 0.368 e. The van der Waals surface area contributed by atoms with Crippen molar-refractivity contribution in [3.8, 4) is 5.69 Å². The molecule has 0 aliphatic rings.